The van der Waals surface area contributed by atoms with E-state index in [9.17, 15) is 0 Å². The van der Waals surface area contributed by atoms with Gasteiger partial charge in [0.15, 0.2) is 6.17 Å². The van der Waals surface area contributed by atoms with Crippen molar-refractivity contribution in [3.05, 3.63) is 29.8 Å². The number of nitrogens with one attached hydrogen (secondary N) is 1. The van der Waals surface area contributed by atoms with Crippen LogP contribution in [0.2, 0.25) is 0 Å². The van der Waals surface area contributed by atoms with Gasteiger partial charge in [0.1, 0.15) is 17.4 Å². The van der Waals surface area contributed by atoms with Crippen LogP contribution in [0.1, 0.15) is 12.5 Å². The molecule has 0 radical (unpaired) electrons. The van der Waals surface area contributed by atoms with Gasteiger partial charge < -0.3 is 10.1 Å². The lowest BCUT2D eigenvalue weighted by Crippen LogP contribution is -2.39. The second-order valence-electron chi connectivity index (χ2n) is 3.96. The topological polar surface area (TPSA) is 46.0 Å². The Morgan fingerprint density at radius 3 is 2.32 bits per heavy atom. The second kappa shape index (κ2) is 5.57. The van der Waals surface area contributed by atoms with Crippen molar-refractivity contribution in [2.24, 2.45) is 9.98 Å². The molecular formula is C12H12Cl3N3O. The molecule has 7 heteroatoms. The molecule has 1 heterocycles. The largest absolute Gasteiger partial charge is 0.497 e. The maximum absolute atomic E-state index is 5.85. The number of halogens is 3. The van der Waals surface area contributed by atoms with Gasteiger partial charge in [-0.25, -0.2) is 9.98 Å². The quantitative estimate of drug-likeness (QED) is 0.851. The van der Waals surface area contributed by atoms with E-state index in [0.717, 1.165) is 11.3 Å². The number of nitrogens with zero attached hydrogens (tertiary/aromatic N) is 2. The second-order valence-corrected chi connectivity index (χ2v) is 6.33. The van der Waals surface area contributed by atoms with E-state index < -0.39 is 9.96 Å². The molecule has 0 bridgehead atoms. The Kier molecular flexibility index (Phi) is 4.23. The molecule has 1 aliphatic rings. The molecule has 1 aromatic rings. The first-order chi connectivity index (χ1) is 8.90. The molecule has 2 rings (SSSR count). The van der Waals surface area contributed by atoms with Gasteiger partial charge in [0.25, 0.3) is 0 Å². The number of hydrogen-bond donors (Lipinski definition) is 1. The van der Waals surface area contributed by atoms with Gasteiger partial charge in [0.05, 0.1) is 7.11 Å². The Morgan fingerprint density at radius 1 is 1.16 bits per heavy atom. The first kappa shape index (κ1) is 14.4. The van der Waals surface area contributed by atoms with Crippen LogP contribution in [0.15, 0.2) is 34.3 Å². The van der Waals surface area contributed by atoms with Crippen molar-refractivity contribution >= 4 is 46.5 Å². The summed E-state index contributed by atoms with van der Waals surface area (Å²) in [5, 5.41) is 3.06. The van der Waals surface area contributed by atoms with Gasteiger partial charge in [-0.2, -0.15) is 0 Å². The number of methoxy groups -OCH3 is 1. The summed E-state index contributed by atoms with van der Waals surface area (Å²) in [4.78, 5) is 8.47. The lowest BCUT2D eigenvalue weighted by Gasteiger charge is -2.24. The van der Waals surface area contributed by atoms with E-state index in [0.29, 0.717) is 11.7 Å². The van der Waals surface area contributed by atoms with Gasteiger partial charge in [0, 0.05) is 5.56 Å². The Labute approximate surface area is 126 Å². The highest BCUT2D eigenvalue weighted by molar-refractivity contribution is 6.68. The third kappa shape index (κ3) is 3.53. The monoisotopic (exact) mass is 319 g/mol. The lowest BCUT2D eigenvalue weighted by atomic mass is 10.2. The molecule has 0 amide bonds. The van der Waals surface area contributed by atoms with Crippen LogP contribution >= 0.6 is 34.8 Å². The molecule has 1 N–H and O–H groups in total. The van der Waals surface area contributed by atoms with Crippen LogP contribution in [-0.2, 0) is 0 Å². The van der Waals surface area contributed by atoms with Crippen LogP contribution < -0.4 is 10.1 Å². The molecule has 102 valence electrons. The molecular weight excluding hydrogens is 309 g/mol. The van der Waals surface area contributed by atoms with E-state index in [2.05, 4.69) is 15.3 Å². The minimum atomic E-state index is -1.57. The highest BCUT2D eigenvalue weighted by Gasteiger charge is 2.34. The van der Waals surface area contributed by atoms with E-state index in [-0.39, 0.29) is 0 Å². The summed E-state index contributed by atoms with van der Waals surface area (Å²) in [5.41, 5.74) is 0.870. The predicted octanol–water partition coefficient (Wildman–Crippen LogP) is 3.16. The number of ether oxygens (including phenoxy) is 1. The number of amidine groups is 2. The average Bonchev–Trinajstić information content (AvgIpc) is 2.37. The number of rotatable bonds is 2. The molecule has 1 aliphatic heterocycles. The zero-order valence-electron chi connectivity index (χ0n) is 10.3. The number of aliphatic imine (C=N–C) groups is 2. The molecule has 0 fully saturated rings. The maximum Gasteiger partial charge on any atom is 0.232 e. The van der Waals surface area contributed by atoms with Crippen molar-refractivity contribution in [3.8, 4) is 5.75 Å². The van der Waals surface area contributed by atoms with Crippen molar-refractivity contribution in [1.82, 2.24) is 5.32 Å². The van der Waals surface area contributed by atoms with Crippen LogP contribution in [0.25, 0.3) is 0 Å². The minimum absolute atomic E-state index is 0.617. The normalized spacial score (nSPS) is 19.3. The van der Waals surface area contributed by atoms with E-state index >= 15 is 0 Å². The van der Waals surface area contributed by atoms with Crippen molar-refractivity contribution in [1.29, 1.82) is 0 Å². The minimum Gasteiger partial charge on any atom is -0.497 e. The van der Waals surface area contributed by atoms with Crippen LogP contribution in [0.4, 0.5) is 0 Å². The Morgan fingerprint density at radius 2 is 1.79 bits per heavy atom. The van der Waals surface area contributed by atoms with Crippen LogP contribution in [0.5, 0.6) is 5.75 Å². The standard InChI is InChI=1S/C12H12Cl3N3O/c1-7-16-10(18-11(17-7)12(13,14)15)8-3-5-9(19-2)6-4-8/h3-6,11H,1-2H3,(H,16,17,18)/t11-/m0/s1. The van der Waals surface area contributed by atoms with Crippen molar-refractivity contribution < 1.29 is 4.74 Å². The van der Waals surface area contributed by atoms with Crippen molar-refractivity contribution in [3.63, 3.8) is 0 Å². The number of hydrogen-bond acceptors (Lipinski definition) is 4. The Balaban J connectivity index is 2.30. The highest BCUT2D eigenvalue weighted by Crippen LogP contribution is 2.34. The summed E-state index contributed by atoms with van der Waals surface area (Å²) < 4.78 is 3.54. The summed E-state index contributed by atoms with van der Waals surface area (Å²) in [6, 6.07) is 7.42. The molecule has 0 aliphatic carbocycles. The number of alkyl halides is 3. The van der Waals surface area contributed by atoms with Gasteiger partial charge in [-0.1, -0.05) is 34.8 Å². The lowest BCUT2D eigenvalue weighted by molar-refractivity contribution is 0.415. The van der Waals surface area contributed by atoms with E-state index in [1.807, 2.05) is 24.3 Å². The molecule has 1 atom stereocenters. The molecule has 0 unspecified atom stereocenters. The summed E-state index contributed by atoms with van der Waals surface area (Å²) >= 11 is 17.5. The van der Waals surface area contributed by atoms with Gasteiger partial charge in [-0.3, -0.25) is 0 Å². The fourth-order valence-electron chi connectivity index (χ4n) is 1.61. The zero-order valence-corrected chi connectivity index (χ0v) is 12.6. The third-order valence-corrected chi connectivity index (χ3v) is 3.11. The molecule has 1 aromatic carbocycles. The first-order valence-electron chi connectivity index (χ1n) is 5.50. The summed E-state index contributed by atoms with van der Waals surface area (Å²) in [6.07, 6.45) is -0.754. The van der Waals surface area contributed by atoms with Gasteiger partial charge in [0.2, 0.25) is 3.79 Å². The summed E-state index contributed by atoms with van der Waals surface area (Å²) in [5.74, 6) is 2.03. The fraction of sp³-hybridized carbons (Fsp3) is 0.333. The SMILES string of the molecule is COc1ccc(C2=N[C@@H](C(Cl)(Cl)Cl)N=C(C)N2)cc1. The summed E-state index contributed by atoms with van der Waals surface area (Å²) in [7, 11) is 1.61. The van der Waals surface area contributed by atoms with E-state index in [1.165, 1.54) is 0 Å². The zero-order chi connectivity index (χ0) is 14.0. The van der Waals surface area contributed by atoms with Crippen molar-refractivity contribution in [2.45, 2.75) is 16.9 Å². The Bertz CT molecular complexity index is 520. The van der Waals surface area contributed by atoms with Crippen LogP contribution in [0.3, 0.4) is 0 Å². The molecule has 4 nitrogen and oxygen atoms in total. The fourth-order valence-corrected chi connectivity index (χ4v) is 1.91. The third-order valence-electron chi connectivity index (χ3n) is 2.52. The molecule has 0 spiro atoms. The predicted molar refractivity (Wildman–Crippen MR) is 79.9 cm³/mol. The molecule has 0 saturated heterocycles. The van der Waals surface area contributed by atoms with Gasteiger partial charge in [-0.15, -0.1) is 0 Å². The van der Waals surface area contributed by atoms with Gasteiger partial charge >= 0.3 is 0 Å². The highest BCUT2D eigenvalue weighted by atomic mass is 35.6. The Hall–Kier alpha value is -0.970. The maximum atomic E-state index is 5.85. The smallest absolute Gasteiger partial charge is 0.232 e. The molecule has 19 heavy (non-hydrogen) atoms. The van der Waals surface area contributed by atoms with E-state index in [1.54, 1.807) is 14.0 Å². The first-order valence-corrected chi connectivity index (χ1v) is 6.64. The van der Waals surface area contributed by atoms with E-state index in [4.69, 9.17) is 39.5 Å². The molecule has 0 saturated carbocycles. The van der Waals surface area contributed by atoms with Crippen LogP contribution in [0, 0.1) is 0 Å². The van der Waals surface area contributed by atoms with Gasteiger partial charge in [-0.05, 0) is 31.2 Å². The van der Waals surface area contributed by atoms with Crippen LogP contribution in [-0.4, -0.2) is 28.7 Å². The van der Waals surface area contributed by atoms with Crippen molar-refractivity contribution in [2.75, 3.05) is 7.11 Å². The molecule has 0 aromatic heterocycles. The average molecular weight is 321 g/mol. The number of benzene rings is 1. The summed E-state index contributed by atoms with van der Waals surface area (Å²) in [6.45, 7) is 1.79.